The normalized spacial score (nSPS) is 18.6. The summed E-state index contributed by atoms with van der Waals surface area (Å²) in [4.78, 5) is 26.9. The van der Waals surface area contributed by atoms with Crippen LogP contribution in [0.5, 0.6) is 0 Å². The van der Waals surface area contributed by atoms with Gasteiger partial charge in [-0.05, 0) is 50.1 Å². The highest BCUT2D eigenvalue weighted by Gasteiger charge is 2.26. The van der Waals surface area contributed by atoms with Gasteiger partial charge in [0.05, 0.1) is 11.9 Å². The van der Waals surface area contributed by atoms with Gasteiger partial charge in [-0.15, -0.1) is 0 Å². The third-order valence-corrected chi connectivity index (χ3v) is 9.03. The lowest BCUT2D eigenvalue weighted by Gasteiger charge is -2.35. The second kappa shape index (κ2) is 13.3. The van der Waals surface area contributed by atoms with Gasteiger partial charge in [0, 0.05) is 89.1 Å². The first-order valence-corrected chi connectivity index (χ1v) is 16.0. The number of aromatic nitrogens is 1. The van der Waals surface area contributed by atoms with Crippen LogP contribution in [0.4, 0.5) is 11.5 Å². The zero-order chi connectivity index (χ0) is 28.0. The molecule has 9 nitrogen and oxygen atoms in total. The molecule has 2 aliphatic heterocycles. The number of piperazine rings is 1. The summed E-state index contributed by atoms with van der Waals surface area (Å²) in [6.07, 6.45) is 4.16. The van der Waals surface area contributed by atoms with Crippen LogP contribution in [0.2, 0.25) is 5.02 Å². The molecule has 0 atom stereocenters. The van der Waals surface area contributed by atoms with E-state index in [1.54, 1.807) is 12.1 Å². The molecule has 3 heterocycles. The van der Waals surface area contributed by atoms with E-state index < -0.39 is 10.0 Å². The zero-order valence-electron chi connectivity index (χ0n) is 23.3. The number of amides is 1. The molecule has 0 N–H and O–H groups in total. The Labute approximate surface area is 238 Å². The number of anilines is 2. The van der Waals surface area contributed by atoms with Gasteiger partial charge in [-0.2, -0.15) is 0 Å². The van der Waals surface area contributed by atoms with Gasteiger partial charge in [-0.3, -0.25) is 18.9 Å². The molecule has 0 aliphatic carbocycles. The summed E-state index contributed by atoms with van der Waals surface area (Å²) in [5, 5.41) is 0.476. The van der Waals surface area contributed by atoms with Crippen LogP contribution in [0.15, 0.2) is 42.6 Å². The molecule has 0 radical (unpaired) electrons. The Balaban J connectivity index is 1.47. The third kappa shape index (κ3) is 8.06. The maximum atomic E-state index is 13.6. The van der Waals surface area contributed by atoms with Crippen LogP contribution in [0, 0.1) is 0 Å². The van der Waals surface area contributed by atoms with Crippen molar-refractivity contribution in [2.75, 3.05) is 74.4 Å². The van der Waals surface area contributed by atoms with Gasteiger partial charge < -0.3 is 9.80 Å². The first kappa shape index (κ1) is 29.6. The lowest BCUT2D eigenvalue weighted by molar-refractivity contribution is -0.132. The molecular weight excluding hydrogens is 536 g/mol. The molecule has 1 aromatic heterocycles. The number of benzene rings is 1. The van der Waals surface area contributed by atoms with Crippen LogP contribution >= 0.6 is 11.6 Å². The van der Waals surface area contributed by atoms with E-state index in [1.165, 1.54) is 10.6 Å². The van der Waals surface area contributed by atoms with E-state index in [1.807, 2.05) is 35.4 Å². The van der Waals surface area contributed by atoms with E-state index >= 15 is 0 Å². The maximum absolute atomic E-state index is 13.6. The second-order valence-electron chi connectivity index (χ2n) is 10.7. The van der Waals surface area contributed by atoms with Crippen molar-refractivity contribution in [3.63, 3.8) is 0 Å². The number of sulfonamides is 1. The monoisotopic (exact) mass is 576 g/mol. The zero-order valence-corrected chi connectivity index (χ0v) is 24.9. The summed E-state index contributed by atoms with van der Waals surface area (Å²) in [6, 6.07) is 11.6. The first-order valence-electron chi connectivity index (χ1n) is 13.8. The predicted octanol–water partition coefficient (Wildman–Crippen LogP) is 3.16. The number of fused-ring (bicyclic) bond motifs is 1. The number of halogens is 1. The van der Waals surface area contributed by atoms with Gasteiger partial charge in [0.25, 0.3) is 0 Å². The Morgan fingerprint density at radius 2 is 1.77 bits per heavy atom. The van der Waals surface area contributed by atoms with Crippen molar-refractivity contribution in [2.24, 2.45) is 0 Å². The fraction of sp³-hybridized carbons (Fsp3) is 0.571. The van der Waals surface area contributed by atoms with E-state index in [0.29, 0.717) is 55.8 Å². The van der Waals surface area contributed by atoms with Crippen LogP contribution in [-0.4, -0.2) is 105 Å². The molecule has 11 heteroatoms. The van der Waals surface area contributed by atoms with Crippen molar-refractivity contribution < 1.29 is 13.2 Å². The molecule has 39 heavy (non-hydrogen) atoms. The van der Waals surface area contributed by atoms with Crippen LogP contribution < -0.4 is 9.21 Å². The Hall–Kier alpha value is -2.40. The standard InChI is InChI=1S/C28H41ClN6O3S/c1-23(2)32-12-6-13-35(39(3,37)38)26-21-25(29)9-8-24(26)22-34(20-19-32)28(36)10-14-31-15-17-33(18-16-31)27-7-4-5-11-30-27/h4-5,7-9,11,21,23H,6,10,12-20,22H2,1-3H3. The van der Waals surface area contributed by atoms with E-state index in [-0.39, 0.29) is 5.91 Å². The van der Waals surface area contributed by atoms with Gasteiger partial charge in [-0.25, -0.2) is 13.4 Å². The molecular formula is C28H41ClN6O3S. The Morgan fingerprint density at radius 3 is 2.44 bits per heavy atom. The smallest absolute Gasteiger partial charge is 0.232 e. The van der Waals surface area contributed by atoms with Crippen molar-refractivity contribution >= 4 is 39.0 Å². The minimum Gasteiger partial charge on any atom is -0.354 e. The van der Waals surface area contributed by atoms with Crippen molar-refractivity contribution in [3.8, 4) is 0 Å². The molecule has 4 rings (SSSR count). The highest BCUT2D eigenvalue weighted by Crippen LogP contribution is 2.29. The molecule has 0 saturated carbocycles. The molecule has 1 saturated heterocycles. The van der Waals surface area contributed by atoms with Gasteiger partial charge in [0.2, 0.25) is 15.9 Å². The van der Waals surface area contributed by atoms with Gasteiger partial charge >= 0.3 is 0 Å². The summed E-state index contributed by atoms with van der Waals surface area (Å²) in [5.41, 5.74) is 1.35. The van der Waals surface area contributed by atoms with Gasteiger partial charge in [-0.1, -0.05) is 23.7 Å². The van der Waals surface area contributed by atoms with E-state index in [4.69, 9.17) is 11.6 Å². The van der Waals surface area contributed by atoms with Gasteiger partial charge in [0.1, 0.15) is 5.82 Å². The molecule has 1 fully saturated rings. The maximum Gasteiger partial charge on any atom is 0.232 e. The summed E-state index contributed by atoms with van der Waals surface area (Å²) in [6.45, 7) is 11.3. The molecule has 1 amide bonds. The highest BCUT2D eigenvalue weighted by molar-refractivity contribution is 7.92. The number of carbonyl (C=O) groups excluding carboxylic acids is 1. The molecule has 2 aromatic rings. The Kier molecular flexibility index (Phi) is 10.1. The van der Waals surface area contributed by atoms with Gasteiger partial charge in [0.15, 0.2) is 0 Å². The minimum absolute atomic E-state index is 0.0805. The lowest BCUT2D eigenvalue weighted by Crippen LogP contribution is -2.48. The molecule has 0 bridgehead atoms. The average Bonchev–Trinajstić information content (AvgIpc) is 2.94. The number of hydrogen-bond acceptors (Lipinski definition) is 7. The van der Waals surface area contributed by atoms with Crippen molar-refractivity contribution in [3.05, 3.63) is 53.2 Å². The molecule has 214 valence electrons. The SMILES string of the molecule is CC(C)N1CCCN(S(C)(=O)=O)c2cc(Cl)ccc2CN(C(=O)CCN2CCN(c3ccccn3)CC2)CC1. The highest BCUT2D eigenvalue weighted by atomic mass is 35.5. The van der Waals surface area contributed by atoms with Crippen LogP contribution in [0.25, 0.3) is 0 Å². The fourth-order valence-corrected chi connectivity index (χ4v) is 6.47. The summed E-state index contributed by atoms with van der Waals surface area (Å²) < 4.78 is 27.1. The van der Waals surface area contributed by atoms with E-state index in [0.717, 1.165) is 50.6 Å². The molecule has 2 aliphatic rings. The predicted molar refractivity (Wildman–Crippen MR) is 158 cm³/mol. The van der Waals surface area contributed by atoms with E-state index in [9.17, 15) is 13.2 Å². The third-order valence-electron chi connectivity index (χ3n) is 7.61. The quantitative estimate of drug-likeness (QED) is 0.522. The number of pyridine rings is 1. The molecule has 0 unspecified atom stereocenters. The fourth-order valence-electron chi connectivity index (χ4n) is 5.31. The number of carbonyl (C=O) groups is 1. The second-order valence-corrected chi connectivity index (χ2v) is 13.0. The summed E-state index contributed by atoms with van der Waals surface area (Å²) in [7, 11) is -3.52. The minimum atomic E-state index is -3.52. The van der Waals surface area contributed by atoms with Crippen LogP contribution in [0.3, 0.4) is 0 Å². The number of hydrogen-bond donors (Lipinski definition) is 0. The van der Waals surface area contributed by atoms with E-state index in [2.05, 4.69) is 33.5 Å². The topological polar surface area (TPSA) is 80.3 Å². The van der Waals surface area contributed by atoms with Crippen molar-refractivity contribution in [2.45, 2.75) is 39.3 Å². The molecule has 0 spiro atoms. The van der Waals surface area contributed by atoms with Crippen molar-refractivity contribution in [1.29, 1.82) is 0 Å². The molecule has 1 aromatic carbocycles. The summed E-state index contributed by atoms with van der Waals surface area (Å²) in [5.74, 6) is 1.07. The number of rotatable bonds is 6. The number of nitrogens with zero attached hydrogens (tertiary/aromatic N) is 6. The van der Waals surface area contributed by atoms with Crippen LogP contribution in [-0.2, 0) is 21.4 Å². The lowest BCUT2D eigenvalue weighted by atomic mass is 10.1. The Morgan fingerprint density at radius 1 is 1.00 bits per heavy atom. The Bertz CT molecular complexity index is 1210. The largest absolute Gasteiger partial charge is 0.354 e. The van der Waals surface area contributed by atoms with Crippen molar-refractivity contribution in [1.82, 2.24) is 19.7 Å². The first-order chi connectivity index (χ1) is 18.6. The summed E-state index contributed by atoms with van der Waals surface area (Å²) >= 11 is 6.32. The van der Waals surface area contributed by atoms with Crippen LogP contribution in [0.1, 0.15) is 32.3 Å². The average molecular weight is 577 g/mol.